The molecular formula is C18H36N4O. The molecule has 5 heteroatoms. The number of amides is 1. The number of guanidine groups is 1. The molecule has 1 aliphatic carbocycles. The number of carbonyl (C=O) groups excluding carboxylic acids is 1. The smallest absolute Gasteiger partial charge is 0.240 e. The molecule has 1 rings (SSSR count). The lowest BCUT2D eigenvalue weighted by atomic mass is 9.84. The summed E-state index contributed by atoms with van der Waals surface area (Å²) in [6.07, 6.45) is 6.39. The molecule has 23 heavy (non-hydrogen) atoms. The maximum Gasteiger partial charge on any atom is 0.240 e. The van der Waals surface area contributed by atoms with Gasteiger partial charge >= 0.3 is 0 Å². The minimum Gasteiger partial charge on any atom is -0.357 e. The molecule has 1 amide bonds. The Hall–Kier alpha value is -1.26. The molecule has 5 nitrogen and oxygen atoms in total. The lowest BCUT2D eigenvalue weighted by Crippen LogP contribution is -2.49. The van der Waals surface area contributed by atoms with E-state index in [-0.39, 0.29) is 11.4 Å². The Morgan fingerprint density at radius 2 is 1.83 bits per heavy atom. The van der Waals surface area contributed by atoms with Gasteiger partial charge in [0.05, 0.1) is 6.54 Å². The van der Waals surface area contributed by atoms with Crippen LogP contribution in [0.5, 0.6) is 0 Å². The molecule has 0 atom stereocenters. The quantitative estimate of drug-likeness (QED) is 0.583. The Bertz CT molecular complexity index is 406. The zero-order valence-electron chi connectivity index (χ0n) is 16.0. The molecule has 1 saturated carbocycles. The van der Waals surface area contributed by atoms with Gasteiger partial charge in [0.15, 0.2) is 5.96 Å². The molecule has 0 aromatic rings. The Labute approximate surface area is 142 Å². The Balaban J connectivity index is 2.68. The van der Waals surface area contributed by atoms with E-state index in [2.05, 4.69) is 24.5 Å². The fourth-order valence-electron chi connectivity index (χ4n) is 3.21. The van der Waals surface area contributed by atoms with Crippen molar-refractivity contribution in [2.45, 2.75) is 72.3 Å². The molecule has 0 spiro atoms. The largest absolute Gasteiger partial charge is 0.357 e. The average molecular weight is 325 g/mol. The molecule has 0 aromatic heterocycles. The van der Waals surface area contributed by atoms with Crippen molar-refractivity contribution in [2.24, 2.45) is 10.4 Å². The maximum atomic E-state index is 12.1. The first-order valence-corrected chi connectivity index (χ1v) is 9.02. The van der Waals surface area contributed by atoms with E-state index >= 15 is 0 Å². The minimum atomic E-state index is -0.205. The van der Waals surface area contributed by atoms with Gasteiger partial charge in [0, 0.05) is 25.7 Å². The number of hydrogen-bond acceptors (Lipinski definition) is 2. The third-order valence-corrected chi connectivity index (χ3v) is 4.57. The number of nitrogens with one attached hydrogen (secondary N) is 2. The van der Waals surface area contributed by atoms with Gasteiger partial charge in [-0.25, -0.2) is 0 Å². The summed E-state index contributed by atoms with van der Waals surface area (Å²) >= 11 is 0. The molecule has 2 N–H and O–H groups in total. The van der Waals surface area contributed by atoms with Crippen LogP contribution in [0.1, 0.15) is 66.7 Å². The lowest BCUT2D eigenvalue weighted by molar-refractivity contribution is -0.122. The first kappa shape index (κ1) is 19.8. The zero-order chi connectivity index (χ0) is 17.5. The van der Waals surface area contributed by atoms with E-state index in [1.807, 2.05) is 32.7 Å². The highest BCUT2D eigenvalue weighted by atomic mass is 16.2. The average Bonchev–Trinajstić information content (AvgIpc) is 2.90. The first-order chi connectivity index (χ1) is 10.7. The van der Waals surface area contributed by atoms with Crippen LogP contribution in [-0.4, -0.2) is 49.0 Å². The highest BCUT2D eigenvalue weighted by Crippen LogP contribution is 2.41. The topological polar surface area (TPSA) is 56.7 Å². The van der Waals surface area contributed by atoms with E-state index in [1.165, 1.54) is 32.1 Å². The van der Waals surface area contributed by atoms with E-state index in [1.54, 1.807) is 0 Å². The third kappa shape index (κ3) is 6.80. The summed E-state index contributed by atoms with van der Waals surface area (Å²) in [6.45, 7) is 12.3. The van der Waals surface area contributed by atoms with E-state index in [0.717, 1.165) is 19.0 Å². The predicted molar refractivity (Wildman–Crippen MR) is 97.7 cm³/mol. The summed E-state index contributed by atoms with van der Waals surface area (Å²) in [5.41, 5.74) is 0.165. The van der Waals surface area contributed by atoms with Crippen LogP contribution >= 0.6 is 0 Å². The fraction of sp³-hybridized carbons (Fsp3) is 0.889. The Morgan fingerprint density at radius 3 is 2.30 bits per heavy atom. The van der Waals surface area contributed by atoms with Crippen LogP contribution < -0.4 is 10.6 Å². The Kier molecular flexibility index (Phi) is 7.36. The van der Waals surface area contributed by atoms with Gasteiger partial charge < -0.3 is 15.5 Å². The van der Waals surface area contributed by atoms with Gasteiger partial charge in [-0.2, -0.15) is 0 Å². The van der Waals surface area contributed by atoms with Gasteiger partial charge in [0.1, 0.15) is 0 Å². The number of nitrogens with zero attached hydrogens (tertiary/aromatic N) is 2. The fourth-order valence-corrected chi connectivity index (χ4v) is 3.21. The molecule has 0 aliphatic heterocycles. The summed E-state index contributed by atoms with van der Waals surface area (Å²) in [4.78, 5) is 18.9. The number of aliphatic imine (C=N–C) groups is 1. The van der Waals surface area contributed by atoms with Crippen molar-refractivity contribution in [1.29, 1.82) is 0 Å². The normalized spacial score (nSPS) is 17.9. The maximum absolute atomic E-state index is 12.1. The number of likely N-dealkylation sites (N-methyl/N-ethyl adjacent to an activating group) is 1. The van der Waals surface area contributed by atoms with Crippen LogP contribution in [0.25, 0.3) is 0 Å². The van der Waals surface area contributed by atoms with Gasteiger partial charge in [0.2, 0.25) is 5.91 Å². The van der Waals surface area contributed by atoms with Crippen LogP contribution in [-0.2, 0) is 4.79 Å². The molecule has 1 fully saturated rings. The molecule has 1 aliphatic rings. The summed E-state index contributed by atoms with van der Waals surface area (Å²) < 4.78 is 0. The molecule has 0 unspecified atom stereocenters. The van der Waals surface area contributed by atoms with Crippen LogP contribution in [0.2, 0.25) is 0 Å². The van der Waals surface area contributed by atoms with Crippen molar-refractivity contribution in [3.05, 3.63) is 0 Å². The standard InChI is InChI=1S/C18H36N4O/c1-7-18(11-9-10-12-18)14-20-16(19-8-2)22(6)13-15(23)21-17(3,4)5/h7-14H2,1-6H3,(H,19,20)(H,21,23). The van der Waals surface area contributed by atoms with Gasteiger partial charge in [-0.3, -0.25) is 9.79 Å². The number of hydrogen-bond donors (Lipinski definition) is 2. The third-order valence-electron chi connectivity index (χ3n) is 4.57. The van der Waals surface area contributed by atoms with Crippen LogP contribution in [0.15, 0.2) is 4.99 Å². The second-order valence-electron chi connectivity index (χ2n) is 7.89. The summed E-state index contributed by atoms with van der Waals surface area (Å²) in [5.74, 6) is 0.855. The Morgan fingerprint density at radius 1 is 1.22 bits per heavy atom. The van der Waals surface area contributed by atoms with Crippen molar-refractivity contribution >= 4 is 11.9 Å². The molecular weight excluding hydrogens is 288 g/mol. The SMILES string of the molecule is CCNC(=NCC1(CC)CCCC1)N(C)CC(=O)NC(C)(C)C. The predicted octanol–water partition coefficient (Wildman–Crippen LogP) is 2.77. The molecule has 0 aromatic carbocycles. The highest BCUT2D eigenvalue weighted by Gasteiger charge is 2.32. The zero-order valence-corrected chi connectivity index (χ0v) is 16.0. The molecule has 0 radical (unpaired) electrons. The van der Waals surface area contributed by atoms with Gasteiger partial charge in [0.25, 0.3) is 0 Å². The molecule has 134 valence electrons. The molecule has 0 bridgehead atoms. The minimum absolute atomic E-state index is 0.0247. The summed E-state index contributed by atoms with van der Waals surface area (Å²) in [5, 5.41) is 6.31. The van der Waals surface area contributed by atoms with Crippen molar-refractivity contribution < 1.29 is 4.79 Å². The highest BCUT2D eigenvalue weighted by molar-refractivity contribution is 5.86. The second-order valence-corrected chi connectivity index (χ2v) is 7.89. The first-order valence-electron chi connectivity index (χ1n) is 9.02. The summed E-state index contributed by atoms with van der Waals surface area (Å²) in [7, 11) is 1.93. The summed E-state index contributed by atoms with van der Waals surface area (Å²) in [6, 6.07) is 0. The second kappa shape index (κ2) is 8.55. The van der Waals surface area contributed by atoms with E-state index in [0.29, 0.717) is 12.0 Å². The molecule has 0 heterocycles. The molecule has 0 saturated heterocycles. The van der Waals surface area contributed by atoms with Crippen molar-refractivity contribution in [2.75, 3.05) is 26.7 Å². The van der Waals surface area contributed by atoms with E-state index < -0.39 is 0 Å². The lowest BCUT2D eigenvalue weighted by Gasteiger charge is -2.28. The monoisotopic (exact) mass is 324 g/mol. The van der Waals surface area contributed by atoms with Gasteiger partial charge in [-0.15, -0.1) is 0 Å². The van der Waals surface area contributed by atoms with Gasteiger partial charge in [-0.1, -0.05) is 19.8 Å². The van der Waals surface area contributed by atoms with E-state index in [9.17, 15) is 4.79 Å². The van der Waals surface area contributed by atoms with Crippen molar-refractivity contribution in [3.63, 3.8) is 0 Å². The number of rotatable bonds is 6. The van der Waals surface area contributed by atoms with Crippen LogP contribution in [0.3, 0.4) is 0 Å². The van der Waals surface area contributed by atoms with Crippen LogP contribution in [0, 0.1) is 5.41 Å². The van der Waals surface area contributed by atoms with Crippen molar-refractivity contribution in [3.8, 4) is 0 Å². The van der Waals surface area contributed by atoms with Gasteiger partial charge in [-0.05, 0) is 52.4 Å². The van der Waals surface area contributed by atoms with Crippen molar-refractivity contribution in [1.82, 2.24) is 15.5 Å². The van der Waals surface area contributed by atoms with Crippen LogP contribution in [0.4, 0.5) is 0 Å². The number of carbonyl (C=O) groups is 1. The van der Waals surface area contributed by atoms with E-state index in [4.69, 9.17) is 4.99 Å².